The summed E-state index contributed by atoms with van der Waals surface area (Å²) in [7, 11) is 0. The number of hydrogen-bond donors (Lipinski definition) is 1. The summed E-state index contributed by atoms with van der Waals surface area (Å²) in [6.45, 7) is 4.37. The molecule has 92 valence electrons. The summed E-state index contributed by atoms with van der Waals surface area (Å²) in [5.74, 6) is 0.488. The van der Waals surface area contributed by atoms with Crippen LogP contribution in [0.5, 0.6) is 0 Å². The molecule has 2 rings (SSSR count). The molecule has 0 aliphatic heterocycles. The molecule has 0 aromatic rings. The van der Waals surface area contributed by atoms with E-state index in [9.17, 15) is 5.11 Å². The van der Waals surface area contributed by atoms with E-state index < -0.39 is 5.60 Å². The van der Waals surface area contributed by atoms with Crippen molar-refractivity contribution < 1.29 is 5.11 Å². The lowest BCUT2D eigenvalue weighted by atomic mass is 9.78. The first kappa shape index (κ1) is 12.4. The molecule has 1 nitrogen and oxygen atoms in total. The van der Waals surface area contributed by atoms with Crippen molar-refractivity contribution in [2.45, 2.75) is 51.6 Å². The van der Waals surface area contributed by atoms with E-state index >= 15 is 0 Å². The average molecular weight is 230 g/mol. The van der Waals surface area contributed by atoms with Crippen LogP contribution in [0.25, 0.3) is 0 Å². The normalized spacial score (nSPS) is 23.3. The Morgan fingerprint density at radius 3 is 2.59 bits per heavy atom. The smallest absolute Gasteiger partial charge is 0.0902 e. The van der Waals surface area contributed by atoms with Gasteiger partial charge in [-0.1, -0.05) is 45.3 Å². The van der Waals surface area contributed by atoms with Crippen LogP contribution in [-0.2, 0) is 0 Å². The molecule has 2 aliphatic rings. The van der Waals surface area contributed by atoms with Gasteiger partial charge in [0, 0.05) is 0 Å². The van der Waals surface area contributed by atoms with E-state index in [4.69, 9.17) is 0 Å². The molecule has 0 bridgehead atoms. The second-order valence-electron chi connectivity index (χ2n) is 5.49. The van der Waals surface area contributed by atoms with E-state index in [-0.39, 0.29) is 0 Å². The highest BCUT2D eigenvalue weighted by atomic mass is 16.3. The minimum absolute atomic E-state index is 0.488. The van der Waals surface area contributed by atoms with Gasteiger partial charge in [0.05, 0.1) is 5.60 Å². The van der Waals surface area contributed by atoms with Gasteiger partial charge in [-0.15, -0.1) is 5.73 Å². The largest absolute Gasteiger partial charge is 0.385 e. The van der Waals surface area contributed by atoms with Crippen molar-refractivity contribution in [3.05, 3.63) is 41.2 Å². The Morgan fingerprint density at radius 2 is 1.94 bits per heavy atom. The average Bonchev–Trinajstić information content (AvgIpc) is 2.56. The van der Waals surface area contributed by atoms with Gasteiger partial charge in [-0.3, -0.25) is 0 Å². The van der Waals surface area contributed by atoms with Crippen LogP contribution in [0.15, 0.2) is 41.2 Å². The number of rotatable bonds is 2. The summed E-state index contributed by atoms with van der Waals surface area (Å²) in [6, 6.07) is 0. The number of hydrogen-bond acceptors (Lipinski definition) is 1. The quantitative estimate of drug-likeness (QED) is 0.713. The van der Waals surface area contributed by atoms with Crippen molar-refractivity contribution in [2.75, 3.05) is 0 Å². The summed E-state index contributed by atoms with van der Waals surface area (Å²) in [5, 5.41) is 10.7. The molecule has 17 heavy (non-hydrogen) atoms. The lowest BCUT2D eigenvalue weighted by molar-refractivity contribution is 0.0429. The highest BCUT2D eigenvalue weighted by Crippen LogP contribution is 2.36. The van der Waals surface area contributed by atoms with E-state index in [1.165, 1.54) is 12.0 Å². The first-order chi connectivity index (χ1) is 8.12. The molecular weight excluding hydrogens is 208 g/mol. The minimum Gasteiger partial charge on any atom is -0.385 e. The molecule has 0 atom stereocenters. The van der Waals surface area contributed by atoms with Gasteiger partial charge in [0.25, 0.3) is 0 Å². The topological polar surface area (TPSA) is 20.2 Å². The van der Waals surface area contributed by atoms with Gasteiger partial charge >= 0.3 is 0 Å². The maximum absolute atomic E-state index is 10.7. The van der Waals surface area contributed by atoms with Gasteiger partial charge in [0.15, 0.2) is 0 Å². The first-order valence-electron chi connectivity index (χ1n) is 6.69. The van der Waals surface area contributed by atoms with Crippen LogP contribution < -0.4 is 0 Å². The zero-order chi connectivity index (χ0) is 12.3. The molecule has 0 aromatic carbocycles. The summed E-state index contributed by atoms with van der Waals surface area (Å²) in [4.78, 5) is 0. The summed E-state index contributed by atoms with van der Waals surface area (Å²) >= 11 is 0. The minimum atomic E-state index is -0.614. The Bertz CT molecular complexity index is 397. The standard InChI is InChI=1S/C16H22O/c1-13(2)14-8-4-5-9-15(12-14)16(17)10-6-3-7-11-16/h4,8-9,12-13,17H,3,6-7,10-11H2,1-2H3. The molecule has 2 aliphatic carbocycles. The summed E-state index contributed by atoms with van der Waals surface area (Å²) < 4.78 is 0. The maximum atomic E-state index is 10.7. The summed E-state index contributed by atoms with van der Waals surface area (Å²) in [5.41, 5.74) is 4.86. The van der Waals surface area contributed by atoms with Gasteiger partial charge in [0.2, 0.25) is 0 Å². The fourth-order valence-electron chi connectivity index (χ4n) is 2.60. The van der Waals surface area contributed by atoms with Crippen molar-refractivity contribution in [3.63, 3.8) is 0 Å². The van der Waals surface area contributed by atoms with E-state index in [1.54, 1.807) is 0 Å². The molecule has 0 spiro atoms. The van der Waals surface area contributed by atoms with Crippen LogP contribution in [0.4, 0.5) is 0 Å². The van der Waals surface area contributed by atoms with Crippen LogP contribution in [0.2, 0.25) is 0 Å². The van der Waals surface area contributed by atoms with Gasteiger partial charge in [-0.2, -0.15) is 0 Å². The van der Waals surface area contributed by atoms with Crippen molar-refractivity contribution in [3.8, 4) is 0 Å². The molecule has 0 saturated heterocycles. The van der Waals surface area contributed by atoms with Gasteiger partial charge in [-0.05, 0) is 42.1 Å². The highest BCUT2D eigenvalue weighted by Gasteiger charge is 2.32. The van der Waals surface area contributed by atoms with Crippen LogP contribution in [0, 0.1) is 5.92 Å². The molecule has 0 unspecified atom stereocenters. The van der Waals surface area contributed by atoms with E-state index in [0.717, 1.165) is 31.3 Å². The second kappa shape index (κ2) is 5.08. The zero-order valence-electron chi connectivity index (χ0n) is 10.9. The molecule has 1 fully saturated rings. The number of aliphatic hydroxyl groups is 1. The first-order valence-corrected chi connectivity index (χ1v) is 6.69. The Hall–Kier alpha value is -1.04. The monoisotopic (exact) mass is 230 g/mol. The number of allylic oxidation sites excluding steroid dienone is 3. The fraction of sp³-hybridized carbons (Fsp3) is 0.562. The van der Waals surface area contributed by atoms with Crippen molar-refractivity contribution >= 4 is 0 Å². The molecule has 0 aromatic heterocycles. The SMILES string of the molecule is CC(C)C1=CC=C=CC(C2(O)CCCCC2)=C1. The predicted octanol–water partition coefficient (Wildman–Crippen LogP) is 3.92. The Labute approximate surface area is 104 Å². The van der Waals surface area contributed by atoms with Gasteiger partial charge in [0.1, 0.15) is 0 Å². The second-order valence-corrected chi connectivity index (χ2v) is 5.49. The Balaban J connectivity index is 2.30. The summed E-state index contributed by atoms with van der Waals surface area (Å²) in [6.07, 6.45) is 13.5. The van der Waals surface area contributed by atoms with Crippen molar-refractivity contribution in [1.29, 1.82) is 0 Å². The predicted molar refractivity (Wildman–Crippen MR) is 71.7 cm³/mol. The van der Waals surface area contributed by atoms with Gasteiger partial charge < -0.3 is 5.11 Å². The van der Waals surface area contributed by atoms with E-state index in [0.29, 0.717) is 5.92 Å². The molecule has 1 N–H and O–H groups in total. The fourth-order valence-corrected chi connectivity index (χ4v) is 2.60. The van der Waals surface area contributed by atoms with E-state index in [1.807, 2.05) is 12.2 Å². The van der Waals surface area contributed by atoms with Crippen LogP contribution in [0.1, 0.15) is 46.0 Å². The zero-order valence-corrected chi connectivity index (χ0v) is 10.9. The lowest BCUT2D eigenvalue weighted by Gasteiger charge is -2.33. The van der Waals surface area contributed by atoms with Crippen LogP contribution in [0.3, 0.4) is 0 Å². The van der Waals surface area contributed by atoms with Crippen LogP contribution in [-0.4, -0.2) is 10.7 Å². The molecular formula is C16H22O. The van der Waals surface area contributed by atoms with Crippen molar-refractivity contribution in [1.82, 2.24) is 0 Å². The molecule has 0 amide bonds. The van der Waals surface area contributed by atoms with E-state index in [2.05, 4.69) is 31.7 Å². The van der Waals surface area contributed by atoms with Crippen molar-refractivity contribution in [2.24, 2.45) is 5.92 Å². The highest BCUT2D eigenvalue weighted by molar-refractivity contribution is 5.41. The Morgan fingerprint density at radius 1 is 1.24 bits per heavy atom. The molecule has 0 radical (unpaired) electrons. The van der Waals surface area contributed by atoms with Crippen LogP contribution >= 0.6 is 0 Å². The molecule has 0 heterocycles. The third-order valence-corrected chi connectivity index (χ3v) is 3.82. The maximum Gasteiger partial charge on any atom is 0.0902 e. The third kappa shape index (κ3) is 2.80. The lowest BCUT2D eigenvalue weighted by Crippen LogP contribution is -2.33. The Kier molecular flexibility index (Phi) is 3.71. The molecule has 1 saturated carbocycles. The third-order valence-electron chi connectivity index (χ3n) is 3.82. The van der Waals surface area contributed by atoms with Gasteiger partial charge in [-0.25, -0.2) is 0 Å². The molecule has 1 heteroatoms.